The number of carbonyl (C=O) groups is 1. The number of rotatable bonds is 3. The van der Waals surface area contributed by atoms with Gasteiger partial charge in [-0.1, -0.05) is 20.8 Å². The molecule has 6 fully saturated rings. The molecule has 6 aliphatic rings. The average molecular weight is 399 g/mol. The summed E-state index contributed by atoms with van der Waals surface area (Å²) in [6.45, 7) is 5.97. The molecule has 0 aromatic heterocycles. The summed E-state index contributed by atoms with van der Waals surface area (Å²) in [6, 6.07) is 0. The number of hydrogen-bond donors (Lipinski definition) is 0. The van der Waals surface area contributed by atoms with Crippen LogP contribution in [-0.4, -0.2) is 17.7 Å². The van der Waals surface area contributed by atoms with E-state index in [1.54, 1.807) is 0 Å². The smallest absolute Gasteiger partial charge is 0.405 e. The third-order valence-corrected chi connectivity index (χ3v) is 10.2. The summed E-state index contributed by atoms with van der Waals surface area (Å²) in [7, 11) is 0. The second kappa shape index (κ2) is 5.91. The summed E-state index contributed by atoms with van der Waals surface area (Å²) in [5.74, 6) is 0.535. The van der Waals surface area contributed by atoms with Gasteiger partial charge in [-0.2, -0.15) is 13.2 Å². The zero-order valence-electron chi connectivity index (χ0n) is 17.2. The Morgan fingerprint density at radius 2 is 1.54 bits per heavy atom. The molecule has 6 bridgehead atoms. The number of carbonyl (C=O) groups excluding carboxylic acids is 1. The highest BCUT2D eigenvalue weighted by Gasteiger charge is 2.74. The normalized spacial score (nSPS) is 54.4. The molecule has 0 heterocycles. The van der Waals surface area contributed by atoms with Crippen LogP contribution in [-0.2, 0) is 9.53 Å². The topological polar surface area (TPSA) is 26.3 Å². The van der Waals surface area contributed by atoms with E-state index in [1.807, 2.05) is 20.8 Å². The Morgan fingerprint density at radius 1 is 0.964 bits per heavy atom. The summed E-state index contributed by atoms with van der Waals surface area (Å²) in [5.41, 5.74) is -2.93. The monoisotopic (exact) mass is 398 g/mol. The van der Waals surface area contributed by atoms with Crippen molar-refractivity contribution >= 4 is 5.97 Å². The minimum Gasteiger partial charge on any atom is -0.458 e. The first kappa shape index (κ1) is 19.2. The minimum atomic E-state index is -4.53. The van der Waals surface area contributed by atoms with E-state index in [2.05, 4.69) is 0 Å². The Bertz CT molecular complexity index is 641. The number of fused-ring (bicyclic) bond motifs is 2. The largest absolute Gasteiger partial charge is 0.458 e. The first-order chi connectivity index (χ1) is 13.1. The first-order valence-electron chi connectivity index (χ1n) is 11.4. The molecule has 28 heavy (non-hydrogen) atoms. The molecule has 5 atom stereocenters. The molecule has 6 saturated carbocycles. The lowest BCUT2D eigenvalue weighted by Crippen LogP contribution is -2.62. The van der Waals surface area contributed by atoms with E-state index >= 15 is 0 Å². The number of alkyl halides is 3. The van der Waals surface area contributed by atoms with Crippen LogP contribution in [0.25, 0.3) is 0 Å². The van der Waals surface area contributed by atoms with Crippen LogP contribution in [0, 0.1) is 52.8 Å². The lowest BCUT2D eigenvalue weighted by atomic mass is 9.49. The maximum absolute atomic E-state index is 14.5. The van der Waals surface area contributed by atoms with Gasteiger partial charge in [0.05, 0.1) is 0 Å². The fourth-order valence-corrected chi connectivity index (χ4v) is 8.77. The van der Waals surface area contributed by atoms with Crippen molar-refractivity contribution in [2.45, 2.75) is 83.9 Å². The average Bonchev–Trinajstić information content (AvgIpc) is 3.15. The van der Waals surface area contributed by atoms with Gasteiger partial charge in [-0.3, -0.25) is 4.79 Å². The second-order valence-electron chi connectivity index (χ2n) is 11.0. The molecule has 6 rings (SSSR count). The number of hydrogen-bond acceptors (Lipinski definition) is 2. The zero-order chi connectivity index (χ0) is 20.1. The Kier molecular flexibility index (Phi) is 4.06. The highest BCUT2D eigenvalue weighted by atomic mass is 19.4. The summed E-state index contributed by atoms with van der Waals surface area (Å²) in [6.07, 6.45) is 1.99. The van der Waals surface area contributed by atoms with E-state index in [9.17, 15) is 18.0 Å². The van der Waals surface area contributed by atoms with Crippen molar-refractivity contribution in [3.05, 3.63) is 0 Å². The molecule has 0 saturated heterocycles. The molecule has 2 nitrogen and oxygen atoms in total. The molecule has 158 valence electrons. The zero-order valence-corrected chi connectivity index (χ0v) is 17.2. The maximum atomic E-state index is 14.5. The fourth-order valence-electron chi connectivity index (χ4n) is 8.77. The summed E-state index contributed by atoms with van der Waals surface area (Å²) in [5, 5.41) is 0. The summed E-state index contributed by atoms with van der Waals surface area (Å²) in [4.78, 5) is 13.5. The Hall–Kier alpha value is -0.740. The molecule has 0 aromatic rings. The minimum absolute atomic E-state index is 0.00903. The van der Waals surface area contributed by atoms with Crippen molar-refractivity contribution < 1.29 is 22.7 Å². The molecule has 0 amide bonds. The number of esters is 1. The lowest BCUT2D eigenvalue weighted by Gasteiger charge is -2.60. The molecule has 0 aliphatic heterocycles. The van der Waals surface area contributed by atoms with E-state index in [-0.39, 0.29) is 36.0 Å². The van der Waals surface area contributed by atoms with E-state index in [0.717, 1.165) is 25.7 Å². The van der Waals surface area contributed by atoms with Crippen molar-refractivity contribution in [1.29, 1.82) is 0 Å². The second-order valence-corrected chi connectivity index (χ2v) is 11.0. The predicted molar refractivity (Wildman–Crippen MR) is 99.2 cm³/mol. The number of ether oxygens (including phenoxy) is 1. The van der Waals surface area contributed by atoms with Crippen molar-refractivity contribution in [2.75, 3.05) is 0 Å². The van der Waals surface area contributed by atoms with Gasteiger partial charge in [-0.05, 0) is 98.7 Å². The molecular formula is C23H33F3O2. The number of halogens is 3. The third kappa shape index (κ3) is 2.25. The Morgan fingerprint density at radius 3 is 1.96 bits per heavy atom. The van der Waals surface area contributed by atoms with Gasteiger partial charge in [0.2, 0.25) is 0 Å². The van der Waals surface area contributed by atoms with Gasteiger partial charge >= 0.3 is 12.1 Å². The van der Waals surface area contributed by atoms with E-state index in [4.69, 9.17) is 4.74 Å². The van der Waals surface area contributed by atoms with Crippen LogP contribution >= 0.6 is 0 Å². The van der Waals surface area contributed by atoms with Gasteiger partial charge in [0.25, 0.3) is 0 Å². The van der Waals surface area contributed by atoms with Crippen LogP contribution in [0.2, 0.25) is 0 Å². The van der Waals surface area contributed by atoms with Crippen LogP contribution < -0.4 is 0 Å². The Labute approximate surface area is 166 Å². The van der Waals surface area contributed by atoms with Gasteiger partial charge < -0.3 is 4.74 Å². The first-order valence-corrected chi connectivity index (χ1v) is 11.4. The van der Waals surface area contributed by atoms with E-state index in [0.29, 0.717) is 24.7 Å². The molecular weight excluding hydrogens is 365 g/mol. The molecule has 5 heteroatoms. The predicted octanol–water partition coefficient (Wildman–Crippen LogP) is 6.00. The van der Waals surface area contributed by atoms with Crippen LogP contribution in [0.1, 0.15) is 72.1 Å². The van der Waals surface area contributed by atoms with Gasteiger partial charge in [-0.25, -0.2) is 0 Å². The van der Waals surface area contributed by atoms with Crippen molar-refractivity contribution in [2.24, 2.45) is 52.8 Å². The standard InChI is InChI=1S/C23H33F3O2/c1-4-22(17-6-14-5-15(8-17)9-18(22)7-14)28-20(27)21(23(24,25)26)11-16-10-19(21)13(3)12(16)2/h12-19H,4-11H2,1-3H3. The van der Waals surface area contributed by atoms with Gasteiger partial charge in [0.1, 0.15) is 5.60 Å². The van der Waals surface area contributed by atoms with Crippen molar-refractivity contribution in [1.82, 2.24) is 0 Å². The SMILES string of the molecule is CCC1(OC(=O)C2(C(F)(F)F)CC3CC2C(C)C3C)C2CC3CC(C2)CC1C3. The highest BCUT2D eigenvalue weighted by molar-refractivity contribution is 5.80. The lowest BCUT2D eigenvalue weighted by molar-refractivity contribution is -0.273. The highest BCUT2D eigenvalue weighted by Crippen LogP contribution is 2.68. The van der Waals surface area contributed by atoms with Crippen LogP contribution in [0.5, 0.6) is 0 Å². The quantitative estimate of drug-likeness (QED) is 0.546. The van der Waals surface area contributed by atoms with Crippen LogP contribution in [0.3, 0.4) is 0 Å². The van der Waals surface area contributed by atoms with Crippen molar-refractivity contribution in [3.63, 3.8) is 0 Å². The van der Waals surface area contributed by atoms with Crippen molar-refractivity contribution in [3.8, 4) is 0 Å². The molecule has 6 aliphatic carbocycles. The van der Waals surface area contributed by atoms with E-state index < -0.39 is 29.1 Å². The van der Waals surface area contributed by atoms with Crippen LogP contribution in [0.15, 0.2) is 0 Å². The van der Waals surface area contributed by atoms with Crippen LogP contribution in [0.4, 0.5) is 13.2 Å². The van der Waals surface area contributed by atoms with E-state index in [1.165, 1.54) is 6.42 Å². The van der Waals surface area contributed by atoms with Gasteiger partial charge in [0.15, 0.2) is 5.41 Å². The molecule has 5 unspecified atom stereocenters. The molecule has 0 spiro atoms. The third-order valence-electron chi connectivity index (χ3n) is 10.2. The molecule has 0 N–H and O–H groups in total. The molecule has 0 aromatic carbocycles. The maximum Gasteiger partial charge on any atom is 0.405 e. The van der Waals surface area contributed by atoms with Gasteiger partial charge in [-0.15, -0.1) is 0 Å². The van der Waals surface area contributed by atoms with Gasteiger partial charge in [0, 0.05) is 0 Å². The summed E-state index contributed by atoms with van der Waals surface area (Å²) < 4.78 is 49.6. The Balaban J connectivity index is 1.48. The fraction of sp³-hybridized carbons (Fsp3) is 0.957. The summed E-state index contributed by atoms with van der Waals surface area (Å²) >= 11 is 0. The molecule has 0 radical (unpaired) electrons.